The number of ether oxygens (including phenoxy) is 1. The first-order chi connectivity index (χ1) is 12.1. The van der Waals surface area contributed by atoms with Gasteiger partial charge in [-0.3, -0.25) is 4.79 Å². The molecule has 2 aromatic rings. The van der Waals surface area contributed by atoms with Crippen LogP contribution in [0.3, 0.4) is 0 Å². The molecular formula is C20H27N3O2. The van der Waals surface area contributed by atoms with E-state index in [1.54, 1.807) is 7.11 Å². The van der Waals surface area contributed by atoms with E-state index in [1.807, 2.05) is 35.4 Å². The minimum Gasteiger partial charge on any atom is -0.497 e. The predicted octanol–water partition coefficient (Wildman–Crippen LogP) is 3.17. The molecule has 1 aromatic carbocycles. The number of amides is 1. The Hall–Kier alpha value is -2.30. The summed E-state index contributed by atoms with van der Waals surface area (Å²) in [5, 5.41) is 0. The summed E-state index contributed by atoms with van der Waals surface area (Å²) in [5.74, 6) is 2.45. The van der Waals surface area contributed by atoms with Crippen molar-refractivity contribution in [2.45, 2.75) is 45.6 Å². The average Bonchev–Trinajstić information content (AvgIpc) is 3.23. The van der Waals surface area contributed by atoms with E-state index in [0.29, 0.717) is 12.3 Å². The minimum atomic E-state index is 0.182. The zero-order valence-corrected chi connectivity index (χ0v) is 15.4. The Balaban J connectivity index is 1.65. The molecule has 25 heavy (non-hydrogen) atoms. The summed E-state index contributed by atoms with van der Waals surface area (Å²) in [6, 6.07) is 7.74. The van der Waals surface area contributed by atoms with Gasteiger partial charge >= 0.3 is 0 Å². The quantitative estimate of drug-likeness (QED) is 0.811. The van der Waals surface area contributed by atoms with Gasteiger partial charge in [0.05, 0.1) is 13.5 Å². The third-order valence-corrected chi connectivity index (χ3v) is 4.93. The molecule has 0 spiro atoms. The fourth-order valence-corrected chi connectivity index (χ4v) is 3.59. The van der Waals surface area contributed by atoms with Gasteiger partial charge < -0.3 is 14.2 Å². The maximum atomic E-state index is 12.7. The lowest BCUT2D eigenvalue weighted by atomic mass is 10.1. The number of aryl methyl sites for hydroxylation is 1. The second-order valence-corrected chi connectivity index (χ2v) is 6.76. The lowest BCUT2D eigenvalue weighted by molar-refractivity contribution is -0.129. The van der Waals surface area contributed by atoms with Gasteiger partial charge in [0, 0.05) is 37.4 Å². The zero-order chi connectivity index (χ0) is 17.8. The molecule has 1 fully saturated rings. The van der Waals surface area contributed by atoms with Crippen molar-refractivity contribution in [2.75, 3.05) is 20.2 Å². The van der Waals surface area contributed by atoms with E-state index in [2.05, 4.69) is 23.4 Å². The van der Waals surface area contributed by atoms with Crippen molar-refractivity contribution in [3.05, 3.63) is 47.5 Å². The van der Waals surface area contributed by atoms with Crippen molar-refractivity contribution in [3.63, 3.8) is 0 Å². The Morgan fingerprint density at radius 2 is 2.24 bits per heavy atom. The highest BCUT2D eigenvalue weighted by atomic mass is 16.5. The fraction of sp³-hybridized carbons (Fsp3) is 0.500. The third-order valence-electron chi connectivity index (χ3n) is 4.93. The van der Waals surface area contributed by atoms with Crippen LogP contribution in [0.5, 0.6) is 5.75 Å². The van der Waals surface area contributed by atoms with Crippen molar-refractivity contribution in [1.29, 1.82) is 0 Å². The topological polar surface area (TPSA) is 47.4 Å². The number of hydrogen-bond acceptors (Lipinski definition) is 3. The Labute approximate surface area is 149 Å². The Morgan fingerprint density at radius 1 is 1.40 bits per heavy atom. The predicted molar refractivity (Wildman–Crippen MR) is 97.9 cm³/mol. The highest BCUT2D eigenvalue weighted by Gasteiger charge is 2.30. The number of hydrogen-bond donors (Lipinski definition) is 0. The molecule has 5 nitrogen and oxygen atoms in total. The smallest absolute Gasteiger partial charge is 0.227 e. The van der Waals surface area contributed by atoms with Gasteiger partial charge in [-0.1, -0.05) is 19.1 Å². The molecule has 1 saturated heterocycles. The van der Waals surface area contributed by atoms with Crippen LogP contribution in [-0.2, 0) is 17.8 Å². The molecule has 5 heteroatoms. The average molecular weight is 341 g/mol. The lowest BCUT2D eigenvalue weighted by Crippen LogP contribution is -2.30. The molecule has 0 N–H and O–H groups in total. The molecule has 1 aliphatic rings. The first-order valence-corrected chi connectivity index (χ1v) is 9.05. The molecule has 1 atom stereocenters. The molecule has 1 aliphatic heterocycles. The van der Waals surface area contributed by atoms with E-state index in [9.17, 15) is 4.79 Å². The second kappa shape index (κ2) is 7.72. The molecule has 0 saturated carbocycles. The van der Waals surface area contributed by atoms with Gasteiger partial charge in [0.15, 0.2) is 0 Å². The maximum absolute atomic E-state index is 12.7. The SMILES string of the molecule is CCCn1c(C)cnc1[C@H]1CCN(C(=O)Cc2cccc(OC)c2)C1. The van der Waals surface area contributed by atoms with Gasteiger partial charge in [0.2, 0.25) is 5.91 Å². The van der Waals surface area contributed by atoms with Crippen molar-refractivity contribution in [3.8, 4) is 5.75 Å². The number of rotatable bonds is 6. The van der Waals surface area contributed by atoms with Crippen LogP contribution in [0.25, 0.3) is 0 Å². The van der Waals surface area contributed by atoms with Crippen LogP contribution in [-0.4, -0.2) is 40.6 Å². The van der Waals surface area contributed by atoms with E-state index in [1.165, 1.54) is 5.69 Å². The summed E-state index contributed by atoms with van der Waals surface area (Å²) in [4.78, 5) is 19.3. The number of carbonyl (C=O) groups is 1. The zero-order valence-electron chi connectivity index (χ0n) is 15.4. The number of methoxy groups -OCH3 is 1. The van der Waals surface area contributed by atoms with Gasteiger partial charge in [0.1, 0.15) is 11.6 Å². The van der Waals surface area contributed by atoms with Gasteiger partial charge in [-0.25, -0.2) is 4.98 Å². The normalized spacial score (nSPS) is 17.1. The molecule has 0 bridgehead atoms. The molecule has 1 amide bonds. The summed E-state index contributed by atoms with van der Waals surface area (Å²) < 4.78 is 7.55. The fourth-order valence-electron chi connectivity index (χ4n) is 3.59. The minimum absolute atomic E-state index is 0.182. The molecule has 1 aromatic heterocycles. The number of carbonyl (C=O) groups excluding carboxylic acids is 1. The first-order valence-electron chi connectivity index (χ1n) is 9.05. The van der Waals surface area contributed by atoms with Crippen LogP contribution in [0.4, 0.5) is 0 Å². The molecule has 0 unspecified atom stereocenters. The van der Waals surface area contributed by atoms with Gasteiger partial charge in [-0.05, 0) is 37.5 Å². The number of nitrogens with zero attached hydrogens (tertiary/aromatic N) is 3. The summed E-state index contributed by atoms with van der Waals surface area (Å²) >= 11 is 0. The third kappa shape index (κ3) is 3.86. The number of aromatic nitrogens is 2. The standard InChI is InChI=1S/C20H27N3O2/c1-4-9-23-15(2)13-21-20(23)17-8-10-22(14-17)19(24)12-16-6-5-7-18(11-16)25-3/h5-7,11,13,17H,4,8-10,12,14H2,1-3H3/t17-/m0/s1. The molecule has 3 rings (SSSR count). The number of benzene rings is 1. The van der Waals surface area contributed by atoms with Crippen LogP contribution in [0, 0.1) is 6.92 Å². The highest BCUT2D eigenvalue weighted by Crippen LogP contribution is 2.28. The summed E-state index contributed by atoms with van der Waals surface area (Å²) in [6.07, 6.45) is 4.46. The van der Waals surface area contributed by atoms with E-state index >= 15 is 0 Å². The number of imidazole rings is 1. The van der Waals surface area contributed by atoms with Gasteiger partial charge in [-0.15, -0.1) is 0 Å². The van der Waals surface area contributed by atoms with Gasteiger partial charge in [-0.2, -0.15) is 0 Å². The van der Waals surface area contributed by atoms with E-state index in [0.717, 1.165) is 49.6 Å². The Morgan fingerprint density at radius 3 is 3.00 bits per heavy atom. The van der Waals surface area contributed by atoms with Crippen LogP contribution in [0.1, 0.15) is 42.8 Å². The molecule has 0 aliphatic carbocycles. The summed E-state index contributed by atoms with van der Waals surface area (Å²) in [5.41, 5.74) is 2.20. The largest absolute Gasteiger partial charge is 0.497 e. The van der Waals surface area contributed by atoms with Crippen LogP contribution >= 0.6 is 0 Å². The highest BCUT2D eigenvalue weighted by molar-refractivity contribution is 5.79. The molecule has 134 valence electrons. The van der Waals surface area contributed by atoms with Crippen molar-refractivity contribution in [1.82, 2.24) is 14.5 Å². The summed E-state index contributed by atoms with van der Waals surface area (Å²) in [6.45, 7) is 6.86. The maximum Gasteiger partial charge on any atom is 0.227 e. The number of likely N-dealkylation sites (tertiary alicyclic amines) is 1. The lowest BCUT2D eigenvalue weighted by Gasteiger charge is -2.18. The Bertz CT molecular complexity index is 738. The van der Waals surface area contributed by atoms with Gasteiger partial charge in [0.25, 0.3) is 0 Å². The van der Waals surface area contributed by atoms with E-state index < -0.39 is 0 Å². The summed E-state index contributed by atoms with van der Waals surface area (Å²) in [7, 11) is 1.65. The molecule has 2 heterocycles. The molecule has 0 radical (unpaired) electrons. The second-order valence-electron chi connectivity index (χ2n) is 6.76. The van der Waals surface area contributed by atoms with Crippen LogP contribution in [0.2, 0.25) is 0 Å². The Kier molecular flexibility index (Phi) is 5.41. The van der Waals surface area contributed by atoms with Crippen LogP contribution < -0.4 is 4.74 Å². The van der Waals surface area contributed by atoms with Crippen LogP contribution in [0.15, 0.2) is 30.5 Å². The van der Waals surface area contributed by atoms with E-state index in [4.69, 9.17) is 4.74 Å². The van der Waals surface area contributed by atoms with Crippen molar-refractivity contribution in [2.24, 2.45) is 0 Å². The van der Waals surface area contributed by atoms with Crippen molar-refractivity contribution >= 4 is 5.91 Å². The van der Waals surface area contributed by atoms with E-state index in [-0.39, 0.29) is 5.91 Å². The monoisotopic (exact) mass is 341 g/mol. The van der Waals surface area contributed by atoms with Crippen molar-refractivity contribution < 1.29 is 9.53 Å². The molecular weight excluding hydrogens is 314 g/mol. The first kappa shape index (κ1) is 17.5.